The fourth-order valence-corrected chi connectivity index (χ4v) is 2.15. The minimum Gasteiger partial charge on any atom is -0.437 e. The van der Waals surface area contributed by atoms with E-state index in [1.54, 1.807) is 0 Å². The molecule has 1 aromatic heterocycles. The van der Waals surface area contributed by atoms with Crippen molar-refractivity contribution in [1.29, 1.82) is 0 Å². The van der Waals surface area contributed by atoms with Crippen LogP contribution in [0.1, 0.15) is 19.2 Å². The van der Waals surface area contributed by atoms with E-state index in [2.05, 4.69) is 9.97 Å². The summed E-state index contributed by atoms with van der Waals surface area (Å²) >= 11 is 17.8. The molecule has 0 aliphatic rings. The number of aromatic nitrogens is 2. The number of hydrogen-bond donors (Lipinski definition) is 1. The van der Waals surface area contributed by atoms with Crippen molar-refractivity contribution in [1.82, 2.24) is 9.97 Å². The van der Waals surface area contributed by atoms with Gasteiger partial charge in [0.15, 0.2) is 0 Å². The highest BCUT2D eigenvalue weighted by molar-refractivity contribution is 6.43. The Hall–Kier alpha value is -1.23. The number of ether oxygens (including phenoxy) is 1. The van der Waals surface area contributed by atoms with Crippen LogP contribution in [0.15, 0.2) is 18.2 Å². The van der Waals surface area contributed by atoms with Crippen molar-refractivity contribution in [3.05, 3.63) is 39.1 Å². The first kappa shape index (κ1) is 15.2. The molecule has 0 saturated carbocycles. The van der Waals surface area contributed by atoms with Crippen molar-refractivity contribution < 1.29 is 4.74 Å². The highest BCUT2D eigenvalue weighted by atomic mass is 35.5. The van der Waals surface area contributed by atoms with Gasteiger partial charge in [-0.1, -0.05) is 41.7 Å². The van der Waals surface area contributed by atoms with E-state index < -0.39 is 0 Å². The standard InChI is InChI=1S/C13H12Cl3N3O/c1-2-3-12-18-11(17)6-13(19-12)20-10-5-8(15)7(14)4-9(10)16/h4-6H,2-3H2,1H3,(H2,17,18,19). The molecule has 2 aromatic rings. The van der Waals surface area contributed by atoms with E-state index in [9.17, 15) is 0 Å². The summed E-state index contributed by atoms with van der Waals surface area (Å²) in [6, 6.07) is 4.57. The molecule has 106 valence electrons. The lowest BCUT2D eigenvalue weighted by Gasteiger charge is -2.09. The van der Waals surface area contributed by atoms with Gasteiger partial charge in [0.05, 0.1) is 15.1 Å². The van der Waals surface area contributed by atoms with Crippen LogP contribution in [0.2, 0.25) is 15.1 Å². The van der Waals surface area contributed by atoms with Crippen molar-refractivity contribution in [3.63, 3.8) is 0 Å². The topological polar surface area (TPSA) is 61.0 Å². The Morgan fingerprint density at radius 2 is 1.75 bits per heavy atom. The SMILES string of the molecule is CCCc1nc(N)cc(Oc2cc(Cl)c(Cl)cc2Cl)n1. The summed E-state index contributed by atoms with van der Waals surface area (Å²) in [4.78, 5) is 8.39. The number of hydrogen-bond acceptors (Lipinski definition) is 4. The maximum Gasteiger partial charge on any atom is 0.224 e. The Morgan fingerprint density at radius 3 is 2.45 bits per heavy atom. The lowest BCUT2D eigenvalue weighted by atomic mass is 10.3. The van der Waals surface area contributed by atoms with Crippen LogP contribution < -0.4 is 10.5 Å². The molecular weight excluding hydrogens is 321 g/mol. The van der Waals surface area contributed by atoms with E-state index >= 15 is 0 Å². The lowest BCUT2D eigenvalue weighted by molar-refractivity contribution is 0.459. The van der Waals surface area contributed by atoms with Gasteiger partial charge in [0, 0.05) is 18.6 Å². The van der Waals surface area contributed by atoms with Crippen molar-refractivity contribution in [2.45, 2.75) is 19.8 Å². The normalized spacial score (nSPS) is 10.6. The quantitative estimate of drug-likeness (QED) is 0.820. The average Bonchev–Trinajstić information content (AvgIpc) is 2.35. The second-order valence-corrected chi connectivity index (χ2v) is 5.32. The number of anilines is 1. The van der Waals surface area contributed by atoms with Gasteiger partial charge >= 0.3 is 0 Å². The number of rotatable bonds is 4. The van der Waals surface area contributed by atoms with E-state index in [4.69, 9.17) is 45.3 Å². The minimum atomic E-state index is 0.321. The average molecular weight is 333 g/mol. The highest BCUT2D eigenvalue weighted by Gasteiger charge is 2.10. The van der Waals surface area contributed by atoms with Gasteiger partial charge in [0.25, 0.3) is 0 Å². The molecule has 0 radical (unpaired) electrons. The summed E-state index contributed by atoms with van der Waals surface area (Å²) in [6.07, 6.45) is 1.63. The third-order valence-corrected chi connectivity index (χ3v) is 3.45. The van der Waals surface area contributed by atoms with Gasteiger partial charge in [-0.3, -0.25) is 0 Å². The van der Waals surface area contributed by atoms with E-state index in [0.29, 0.717) is 38.3 Å². The molecule has 0 aliphatic carbocycles. The largest absolute Gasteiger partial charge is 0.437 e. The maximum absolute atomic E-state index is 6.05. The first-order valence-electron chi connectivity index (χ1n) is 5.95. The summed E-state index contributed by atoms with van der Waals surface area (Å²) in [5.74, 6) is 1.65. The van der Waals surface area contributed by atoms with Gasteiger partial charge in [-0.15, -0.1) is 0 Å². The lowest BCUT2D eigenvalue weighted by Crippen LogP contribution is -2.01. The zero-order chi connectivity index (χ0) is 14.7. The number of benzene rings is 1. The molecule has 0 saturated heterocycles. The fraction of sp³-hybridized carbons (Fsp3) is 0.231. The molecule has 0 spiro atoms. The third kappa shape index (κ3) is 3.66. The zero-order valence-electron chi connectivity index (χ0n) is 10.7. The summed E-state index contributed by atoms with van der Waals surface area (Å²) in [6.45, 7) is 2.03. The predicted molar refractivity (Wildman–Crippen MR) is 82.0 cm³/mol. The first-order chi connectivity index (χ1) is 9.49. The van der Waals surface area contributed by atoms with Crippen molar-refractivity contribution in [3.8, 4) is 11.6 Å². The zero-order valence-corrected chi connectivity index (χ0v) is 12.9. The van der Waals surface area contributed by atoms with Crippen molar-refractivity contribution >= 4 is 40.6 Å². The Morgan fingerprint density at radius 1 is 1.05 bits per heavy atom. The van der Waals surface area contributed by atoms with Crippen LogP contribution >= 0.6 is 34.8 Å². The van der Waals surface area contributed by atoms with Gasteiger partial charge in [0.1, 0.15) is 17.4 Å². The molecule has 0 bridgehead atoms. The summed E-state index contributed by atoms with van der Waals surface area (Å²) in [5.41, 5.74) is 5.72. The van der Waals surface area contributed by atoms with E-state index in [-0.39, 0.29) is 0 Å². The molecule has 0 aliphatic heterocycles. The van der Waals surface area contributed by atoms with E-state index in [1.807, 2.05) is 6.92 Å². The molecule has 1 heterocycles. The monoisotopic (exact) mass is 331 g/mol. The number of halogens is 3. The summed E-state index contributed by atoms with van der Waals surface area (Å²) in [7, 11) is 0. The second-order valence-electron chi connectivity index (χ2n) is 4.10. The molecule has 0 unspecified atom stereocenters. The summed E-state index contributed by atoms with van der Waals surface area (Å²) < 4.78 is 5.61. The van der Waals surface area contributed by atoms with E-state index in [1.165, 1.54) is 18.2 Å². The Labute approximate surface area is 131 Å². The van der Waals surface area contributed by atoms with Crippen LogP contribution in [0.25, 0.3) is 0 Å². The second kappa shape index (κ2) is 6.48. The van der Waals surface area contributed by atoms with Crippen LogP contribution in [0.3, 0.4) is 0 Å². The van der Waals surface area contributed by atoms with Gasteiger partial charge < -0.3 is 10.5 Å². The van der Waals surface area contributed by atoms with Crippen LogP contribution in [-0.2, 0) is 6.42 Å². The third-order valence-electron chi connectivity index (χ3n) is 2.43. The smallest absolute Gasteiger partial charge is 0.224 e. The van der Waals surface area contributed by atoms with Gasteiger partial charge in [-0.05, 0) is 12.5 Å². The van der Waals surface area contributed by atoms with Crippen LogP contribution in [0.5, 0.6) is 11.6 Å². The molecular formula is C13H12Cl3N3O. The fourth-order valence-electron chi connectivity index (χ4n) is 1.58. The van der Waals surface area contributed by atoms with Gasteiger partial charge in [0.2, 0.25) is 5.88 Å². The maximum atomic E-state index is 6.05. The van der Waals surface area contributed by atoms with Crippen molar-refractivity contribution in [2.75, 3.05) is 5.73 Å². The van der Waals surface area contributed by atoms with E-state index in [0.717, 1.165) is 12.8 Å². The Bertz CT molecular complexity index is 634. The number of aryl methyl sites for hydroxylation is 1. The number of nitrogens with two attached hydrogens (primary N) is 1. The Balaban J connectivity index is 2.32. The minimum absolute atomic E-state index is 0.321. The molecule has 7 heteroatoms. The molecule has 2 rings (SSSR count). The molecule has 4 nitrogen and oxygen atoms in total. The summed E-state index contributed by atoms with van der Waals surface area (Å²) in [5, 5.41) is 1.05. The highest BCUT2D eigenvalue weighted by Crippen LogP contribution is 2.36. The van der Waals surface area contributed by atoms with Crippen LogP contribution in [0.4, 0.5) is 5.82 Å². The number of nitrogen functional groups attached to an aromatic ring is 1. The van der Waals surface area contributed by atoms with Gasteiger partial charge in [-0.2, -0.15) is 4.98 Å². The number of nitrogens with zero attached hydrogens (tertiary/aromatic N) is 2. The van der Waals surface area contributed by atoms with Crippen LogP contribution in [-0.4, -0.2) is 9.97 Å². The molecule has 20 heavy (non-hydrogen) atoms. The Kier molecular flexibility index (Phi) is 4.91. The molecule has 2 N–H and O–H groups in total. The molecule has 0 amide bonds. The first-order valence-corrected chi connectivity index (χ1v) is 7.08. The predicted octanol–water partition coefficient (Wildman–Crippen LogP) is 4.76. The molecule has 0 atom stereocenters. The van der Waals surface area contributed by atoms with Crippen LogP contribution in [0, 0.1) is 0 Å². The van der Waals surface area contributed by atoms with Gasteiger partial charge in [-0.25, -0.2) is 4.98 Å². The molecule has 1 aromatic carbocycles. The van der Waals surface area contributed by atoms with Crippen molar-refractivity contribution in [2.24, 2.45) is 0 Å². The molecule has 0 fully saturated rings.